The molecule has 2 aromatic carbocycles. The van der Waals surface area contributed by atoms with Crippen LogP contribution in [0.1, 0.15) is 22.3 Å². The zero-order valence-electron chi connectivity index (χ0n) is 16.7. The third kappa shape index (κ3) is 5.17. The molecule has 1 aliphatic rings. The molecule has 1 aliphatic heterocycles. The molecule has 0 spiro atoms. The second kappa shape index (κ2) is 9.26. The molecule has 0 atom stereocenters. The Hall–Kier alpha value is -1.93. The van der Waals surface area contributed by atoms with Crippen LogP contribution in [0.25, 0.3) is 0 Å². The van der Waals surface area contributed by atoms with E-state index >= 15 is 0 Å². The molecule has 29 heavy (non-hydrogen) atoms. The first-order chi connectivity index (χ1) is 13.8. The predicted molar refractivity (Wildman–Crippen MR) is 115 cm³/mol. The van der Waals surface area contributed by atoms with Gasteiger partial charge in [-0.05, 0) is 30.2 Å². The van der Waals surface area contributed by atoms with E-state index in [1.54, 1.807) is 11.0 Å². The summed E-state index contributed by atoms with van der Waals surface area (Å²) in [5, 5.41) is 0.111. The lowest BCUT2D eigenvalue weighted by atomic mass is 10.2. The minimum absolute atomic E-state index is 0.0458. The minimum atomic E-state index is -3.72. The average molecular weight is 436 g/mol. The molecular weight excluding hydrogens is 410 g/mol. The Morgan fingerprint density at radius 2 is 1.76 bits per heavy atom. The van der Waals surface area contributed by atoms with E-state index in [0.717, 1.165) is 30.4 Å². The zero-order valence-corrected chi connectivity index (χ0v) is 18.3. The van der Waals surface area contributed by atoms with Crippen LogP contribution < -0.4 is 0 Å². The van der Waals surface area contributed by atoms with E-state index in [4.69, 9.17) is 11.6 Å². The Balaban J connectivity index is 1.72. The van der Waals surface area contributed by atoms with Crippen LogP contribution in [-0.2, 0) is 16.6 Å². The topological polar surface area (TPSA) is 60.9 Å². The Labute approximate surface area is 177 Å². The molecule has 156 valence electrons. The molecule has 0 saturated carbocycles. The summed E-state index contributed by atoms with van der Waals surface area (Å²) in [6, 6.07) is 14.7. The largest absolute Gasteiger partial charge is 0.337 e. The summed E-state index contributed by atoms with van der Waals surface area (Å²) in [4.78, 5) is 17.1. The van der Waals surface area contributed by atoms with Gasteiger partial charge in [0, 0.05) is 52.4 Å². The zero-order chi connectivity index (χ0) is 21.0. The number of hydrogen-bond acceptors (Lipinski definition) is 4. The summed E-state index contributed by atoms with van der Waals surface area (Å²) < 4.78 is 26.1. The van der Waals surface area contributed by atoms with Crippen molar-refractivity contribution in [2.45, 2.75) is 17.9 Å². The monoisotopic (exact) mass is 435 g/mol. The molecule has 8 heteroatoms. The highest BCUT2D eigenvalue weighted by Crippen LogP contribution is 2.25. The van der Waals surface area contributed by atoms with Gasteiger partial charge in [0.25, 0.3) is 5.91 Å². The first-order valence-corrected chi connectivity index (χ1v) is 11.4. The van der Waals surface area contributed by atoms with Crippen molar-refractivity contribution in [3.8, 4) is 0 Å². The van der Waals surface area contributed by atoms with Crippen LogP contribution >= 0.6 is 11.6 Å². The van der Waals surface area contributed by atoms with Crippen LogP contribution in [0, 0.1) is 0 Å². The number of nitrogens with zero attached hydrogens (tertiary/aromatic N) is 3. The summed E-state index contributed by atoms with van der Waals surface area (Å²) in [6.45, 7) is 3.79. The van der Waals surface area contributed by atoms with Crippen LogP contribution in [0.4, 0.5) is 0 Å². The molecule has 0 aromatic heterocycles. The van der Waals surface area contributed by atoms with E-state index in [1.165, 1.54) is 31.8 Å². The summed E-state index contributed by atoms with van der Waals surface area (Å²) in [7, 11) is -0.841. The van der Waals surface area contributed by atoms with Gasteiger partial charge in [-0.3, -0.25) is 9.69 Å². The number of hydrogen-bond donors (Lipinski definition) is 0. The number of carbonyl (C=O) groups is 1. The van der Waals surface area contributed by atoms with Crippen LogP contribution in [0.3, 0.4) is 0 Å². The maximum Gasteiger partial charge on any atom is 0.253 e. The summed E-state index contributed by atoms with van der Waals surface area (Å²) in [5.41, 5.74) is 1.59. The Bertz CT molecular complexity index is 964. The fraction of sp³-hybridized carbons (Fsp3) is 0.381. The highest BCUT2D eigenvalue weighted by atomic mass is 35.5. The van der Waals surface area contributed by atoms with Crippen molar-refractivity contribution < 1.29 is 13.2 Å². The minimum Gasteiger partial charge on any atom is -0.337 e. The second-order valence-electron chi connectivity index (χ2n) is 7.34. The van der Waals surface area contributed by atoms with Gasteiger partial charge in [-0.2, -0.15) is 0 Å². The van der Waals surface area contributed by atoms with E-state index in [9.17, 15) is 13.2 Å². The predicted octanol–water partition coefficient (Wildman–Crippen LogP) is 2.94. The normalized spacial score (nSPS) is 16.1. The quantitative estimate of drug-likeness (QED) is 0.724. The third-order valence-corrected chi connectivity index (χ3v) is 7.36. The lowest BCUT2D eigenvalue weighted by Crippen LogP contribution is -2.35. The summed E-state index contributed by atoms with van der Waals surface area (Å²) in [5.74, 6) is -0.168. The number of rotatable bonds is 5. The van der Waals surface area contributed by atoms with E-state index in [1.807, 2.05) is 18.2 Å². The second-order valence-corrected chi connectivity index (χ2v) is 9.87. The average Bonchev–Trinajstić information content (AvgIpc) is 2.94. The van der Waals surface area contributed by atoms with Gasteiger partial charge in [0.2, 0.25) is 10.0 Å². The maximum atomic E-state index is 13.0. The summed E-state index contributed by atoms with van der Waals surface area (Å²) >= 11 is 6.10. The standard InChI is InChI=1S/C21H26ClN3O3S/c1-23(2)29(27,28)20-15-18(9-10-19(20)22)21(26)25-12-6-11-24(13-14-25)16-17-7-4-3-5-8-17/h3-5,7-10,15H,6,11-14,16H2,1-2H3. The van der Waals surface area contributed by atoms with Gasteiger partial charge in [-0.15, -0.1) is 0 Å². The number of carbonyl (C=O) groups excluding carboxylic acids is 1. The van der Waals surface area contributed by atoms with E-state index < -0.39 is 10.0 Å². The van der Waals surface area contributed by atoms with Gasteiger partial charge >= 0.3 is 0 Å². The van der Waals surface area contributed by atoms with Crippen LogP contribution in [0.2, 0.25) is 5.02 Å². The SMILES string of the molecule is CN(C)S(=O)(=O)c1cc(C(=O)N2CCCN(Cc3ccccc3)CC2)ccc1Cl. The van der Waals surface area contributed by atoms with E-state index in [2.05, 4.69) is 17.0 Å². The van der Waals surface area contributed by atoms with Crippen LogP contribution in [-0.4, -0.2) is 68.7 Å². The van der Waals surface area contributed by atoms with Crippen molar-refractivity contribution in [3.05, 3.63) is 64.7 Å². The number of sulfonamides is 1. The Morgan fingerprint density at radius 1 is 1.03 bits per heavy atom. The lowest BCUT2D eigenvalue weighted by Gasteiger charge is -2.22. The highest BCUT2D eigenvalue weighted by Gasteiger charge is 2.25. The van der Waals surface area contributed by atoms with Crippen molar-refractivity contribution in [2.75, 3.05) is 40.3 Å². The van der Waals surface area contributed by atoms with Crippen LogP contribution in [0.5, 0.6) is 0 Å². The van der Waals surface area contributed by atoms with Crippen molar-refractivity contribution in [1.82, 2.24) is 14.1 Å². The molecule has 1 heterocycles. The van der Waals surface area contributed by atoms with E-state index in [-0.39, 0.29) is 15.8 Å². The van der Waals surface area contributed by atoms with Gasteiger partial charge in [0.05, 0.1) is 5.02 Å². The molecule has 2 aromatic rings. The summed E-state index contributed by atoms with van der Waals surface area (Å²) in [6.07, 6.45) is 0.870. The molecule has 1 amide bonds. The van der Waals surface area contributed by atoms with Gasteiger partial charge in [-0.25, -0.2) is 12.7 Å². The number of benzene rings is 2. The third-order valence-electron chi connectivity index (χ3n) is 5.06. The van der Waals surface area contributed by atoms with Crippen molar-refractivity contribution in [2.24, 2.45) is 0 Å². The molecule has 1 saturated heterocycles. The number of amides is 1. The van der Waals surface area contributed by atoms with E-state index in [0.29, 0.717) is 18.7 Å². The molecule has 1 fully saturated rings. The molecule has 3 rings (SSSR count). The smallest absolute Gasteiger partial charge is 0.253 e. The first-order valence-electron chi connectivity index (χ1n) is 9.56. The van der Waals surface area contributed by atoms with Gasteiger partial charge in [0.15, 0.2) is 0 Å². The molecule has 0 N–H and O–H groups in total. The molecule has 0 bridgehead atoms. The van der Waals surface area contributed by atoms with Gasteiger partial charge in [-0.1, -0.05) is 41.9 Å². The van der Waals surface area contributed by atoms with Gasteiger partial charge < -0.3 is 4.90 Å². The Morgan fingerprint density at radius 3 is 2.45 bits per heavy atom. The lowest BCUT2D eigenvalue weighted by molar-refractivity contribution is 0.0761. The van der Waals surface area contributed by atoms with Crippen molar-refractivity contribution in [1.29, 1.82) is 0 Å². The number of halogens is 1. The molecule has 0 unspecified atom stereocenters. The van der Waals surface area contributed by atoms with Crippen molar-refractivity contribution >= 4 is 27.5 Å². The van der Waals surface area contributed by atoms with Gasteiger partial charge in [0.1, 0.15) is 4.90 Å². The highest BCUT2D eigenvalue weighted by molar-refractivity contribution is 7.89. The Kier molecular flexibility index (Phi) is 6.95. The fourth-order valence-corrected chi connectivity index (χ4v) is 4.78. The van der Waals surface area contributed by atoms with Crippen LogP contribution in [0.15, 0.2) is 53.4 Å². The molecule has 0 radical (unpaired) electrons. The fourth-order valence-electron chi connectivity index (χ4n) is 3.39. The first kappa shape index (κ1) is 21.8. The maximum absolute atomic E-state index is 13.0. The van der Waals surface area contributed by atoms with Crippen molar-refractivity contribution in [3.63, 3.8) is 0 Å². The molecular formula is C21H26ClN3O3S. The molecule has 6 nitrogen and oxygen atoms in total. The molecule has 0 aliphatic carbocycles.